The number of rotatable bonds is 1. The second-order valence-electron chi connectivity index (χ2n) is 5.22. The molecule has 0 aromatic carbocycles. The lowest BCUT2D eigenvalue weighted by atomic mass is 9.77. The second kappa shape index (κ2) is 4.68. The van der Waals surface area contributed by atoms with Gasteiger partial charge in [0.1, 0.15) is 5.41 Å². The van der Waals surface area contributed by atoms with E-state index in [1.807, 2.05) is 0 Å². The van der Waals surface area contributed by atoms with E-state index in [1.165, 1.54) is 5.01 Å². The first-order chi connectivity index (χ1) is 8.49. The third-order valence-corrected chi connectivity index (χ3v) is 3.81. The molecule has 0 unspecified atom stereocenters. The molecule has 1 aliphatic carbocycles. The van der Waals surface area contributed by atoms with Crippen LogP contribution in [0.25, 0.3) is 0 Å². The number of carbonyl (C=O) groups is 3. The fraction of sp³-hybridized carbons (Fsp3) is 0.750. The Morgan fingerprint density at radius 1 is 1.06 bits per heavy atom. The number of carbonyl (C=O) groups excluding carboxylic acids is 3. The maximum absolute atomic E-state index is 12.5. The Kier molecular flexibility index (Phi) is 3.38. The van der Waals surface area contributed by atoms with Gasteiger partial charge in [0.05, 0.1) is 0 Å². The van der Waals surface area contributed by atoms with Gasteiger partial charge in [-0.25, -0.2) is 9.80 Å². The molecule has 1 saturated heterocycles. The van der Waals surface area contributed by atoms with Crippen molar-refractivity contribution in [1.82, 2.24) is 15.3 Å². The highest BCUT2D eigenvalue weighted by atomic mass is 16.2. The van der Waals surface area contributed by atoms with E-state index in [-0.39, 0.29) is 5.91 Å². The van der Waals surface area contributed by atoms with Gasteiger partial charge in [0.15, 0.2) is 0 Å². The van der Waals surface area contributed by atoms with Crippen LogP contribution >= 0.6 is 0 Å². The Labute approximate surface area is 106 Å². The van der Waals surface area contributed by atoms with Crippen LogP contribution in [0.1, 0.15) is 38.5 Å². The topological polar surface area (TPSA) is 69.7 Å². The third-order valence-electron chi connectivity index (χ3n) is 3.81. The zero-order valence-corrected chi connectivity index (χ0v) is 10.9. The van der Waals surface area contributed by atoms with E-state index < -0.39 is 17.4 Å². The highest BCUT2D eigenvalue weighted by molar-refractivity contribution is 6.18. The predicted molar refractivity (Wildman–Crippen MR) is 64.2 cm³/mol. The molecule has 1 N–H and O–H groups in total. The monoisotopic (exact) mass is 253 g/mol. The van der Waals surface area contributed by atoms with Gasteiger partial charge in [0, 0.05) is 14.1 Å². The molecule has 4 amide bonds. The van der Waals surface area contributed by atoms with Gasteiger partial charge in [-0.3, -0.25) is 14.9 Å². The first-order valence-electron chi connectivity index (χ1n) is 6.36. The minimum atomic E-state index is -1.03. The molecule has 2 fully saturated rings. The van der Waals surface area contributed by atoms with Crippen LogP contribution in [0.15, 0.2) is 0 Å². The van der Waals surface area contributed by atoms with E-state index >= 15 is 0 Å². The van der Waals surface area contributed by atoms with Crippen LogP contribution in [0, 0.1) is 5.41 Å². The van der Waals surface area contributed by atoms with Crippen molar-refractivity contribution in [3.63, 3.8) is 0 Å². The maximum atomic E-state index is 12.5. The number of imide groups is 2. The molecule has 0 radical (unpaired) electrons. The van der Waals surface area contributed by atoms with Gasteiger partial charge in [0.25, 0.3) is 5.91 Å². The van der Waals surface area contributed by atoms with Crippen LogP contribution < -0.4 is 5.32 Å². The lowest BCUT2D eigenvalue weighted by Crippen LogP contribution is -2.66. The fourth-order valence-electron chi connectivity index (χ4n) is 2.80. The quantitative estimate of drug-likeness (QED) is 0.704. The Hall–Kier alpha value is -1.43. The summed E-state index contributed by atoms with van der Waals surface area (Å²) in [7, 11) is 3.25. The molecular formula is C12H19N3O3. The minimum absolute atomic E-state index is 0.372. The molecule has 18 heavy (non-hydrogen) atoms. The van der Waals surface area contributed by atoms with Crippen LogP contribution in [0.5, 0.6) is 0 Å². The lowest BCUT2D eigenvalue weighted by molar-refractivity contribution is -0.161. The van der Waals surface area contributed by atoms with Crippen molar-refractivity contribution in [2.45, 2.75) is 38.5 Å². The molecule has 2 aliphatic rings. The zero-order chi connectivity index (χ0) is 13.3. The number of nitrogens with zero attached hydrogens (tertiary/aromatic N) is 2. The number of amides is 4. The van der Waals surface area contributed by atoms with E-state index in [0.717, 1.165) is 30.7 Å². The summed E-state index contributed by atoms with van der Waals surface area (Å²) in [6.45, 7) is 0. The number of hydrogen-bond donors (Lipinski definition) is 1. The summed E-state index contributed by atoms with van der Waals surface area (Å²) in [5.41, 5.74) is -1.03. The Bertz CT molecular complexity index is 384. The molecule has 0 bridgehead atoms. The van der Waals surface area contributed by atoms with Crippen LogP contribution in [-0.4, -0.2) is 42.0 Å². The average molecular weight is 253 g/mol. The van der Waals surface area contributed by atoms with Crippen molar-refractivity contribution < 1.29 is 14.4 Å². The lowest BCUT2D eigenvalue weighted by Gasteiger charge is -2.40. The minimum Gasteiger partial charge on any atom is -0.275 e. The second-order valence-corrected chi connectivity index (χ2v) is 5.22. The maximum Gasteiger partial charge on any atom is 0.345 e. The molecule has 1 spiro atoms. The van der Waals surface area contributed by atoms with Gasteiger partial charge >= 0.3 is 6.03 Å². The van der Waals surface area contributed by atoms with Crippen LogP contribution in [0.4, 0.5) is 4.79 Å². The van der Waals surface area contributed by atoms with Crippen LogP contribution in [0.3, 0.4) is 0 Å². The Morgan fingerprint density at radius 2 is 1.61 bits per heavy atom. The SMILES string of the molecule is CN(C)N1C(=O)NC(=O)C2(CCCCCC2)C1=O. The molecule has 0 aromatic heterocycles. The smallest absolute Gasteiger partial charge is 0.275 e. The van der Waals surface area contributed by atoms with Crippen molar-refractivity contribution in [3.8, 4) is 0 Å². The summed E-state index contributed by atoms with van der Waals surface area (Å²) < 4.78 is 0. The molecular weight excluding hydrogens is 234 g/mol. The normalized spacial score (nSPS) is 24.4. The van der Waals surface area contributed by atoms with E-state index in [0.29, 0.717) is 12.8 Å². The number of hydrogen-bond acceptors (Lipinski definition) is 4. The summed E-state index contributed by atoms with van der Waals surface area (Å²) in [5, 5.41) is 4.78. The first kappa shape index (κ1) is 13.0. The van der Waals surface area contributed by atoms with Gasteiger partial charge in [-0.15, -0.1) is 0 Å². The van der Waals surface area contributed by atoms with Crippen molar-refractivity contribution in [2.24, 2.45) is 5.41 Å². The average Bonchev–Trinajstić information content (AvgIpc) is 2.52. The van der Waals surface area contributed by atoms with Gasteiger partial charge < -0.3 is 0 Å². The number of urea groups is 1. The molecule has 6 heteroatoms. The van der Waals surface area contributed by atoms with Crippen LogP contribution in [-0.2, 0) is 9.59 Å². The molecule has 0 atom stereocenters. The molecule has 0 aromatic rings. The summed E-state index contributed by atoms with van der Waals surface area (Å²) in [6, 6.07) is -0.648. The molecule has 6 nitrogen and oxygen atoms in total. The summed E-state index contributed by atoms with van der Waals surface area (Å²) in [6.07, 6.45) is 4.87. The zero-order valence-electron chi connectivity index (χ0n) is 10.9. The van der Waals surface area contributed by atoms with Gasteiger partial charge in [0.2, 0.25) is 5.91 Å². The van der Waals surface area contributed by atoms with Crippen molar-refractivity contribution in [3.05, 3.63) is 0 Å². The standard InChI is InChI=1S/C12H19N3O3/c1-14(2)15-10(17)12(9(16)13-11(15)18)7-5-3-4-6-8-12/h3-8H2,1-2H3,(H,13,16,18). The highest BCUT2D eigenvalue weighted by Crippen LogP contribution is 2.39. The number of hydrazine groups is 1. The van der Waals surface area contributed by atoms with Gasteiger partial charge in [-0.1, -0.05) is 25.7 Å². The van der Waals surface area contributed by atoms with Crippen molar-refractivity contribution in [2.75, 3.05) is 14.1 Å². The Morgan fingerprint density at radius 3 is 2.11 bits per heavy atom. The molecule has 2 rings (SSSR count). The number of nitrogens with one attached hydrogen (secondary N) is 1. The van der Waals surface area contributed by atoms with E-state index in [4.69, 9.17) is 0 Å². The van der Waals surface area contributed by atoms with Crippen molar-refractivity contribution in [1.29, 1.82) is 0 Å². The van der Waals surface area contributed by atoms with E-state index in [9.17, 15) is 14.4 Å². The molecule has 1 heterocycles. The largest absolute Gasteiger partial charge is 0.345 e. The van der Waals surface area contributed by atoms with E-state index in [2.05, 4.69) is 5.32 Å². The summed E-state index contributed by atoms with van der Waals surface area (Å²) in [4.78, 5) is 36.3. The molecule has 100 valence electrons. The molecule has 1 saturated carbocycles. The third kappa shape index (κ3) is 1.90. The predicted octanol–water partition coefficient (Wildman–Crippen LogP) is 0.882. The van der Waals surface area contributed by atoms with E-state index in [1.54, 1.807) is 14.1 Å². The van der Waals surface area contributed by atoms with Crippen molar-refractivity contribution >= 4 is 17.8 Å². The first-order valence-corrected chi connectivity index (χ1v) is 6.36. The van der Waals surface area contributed by atoms with Gasteiger partial charge in [-0.05, 0) is 12.8 Å². The number of barbiturate groups is 1. The molecule has 1 aliphatic heterocycles. The summed E-state index contributed by atoms with van der Waals surface area (Å²) >= 11 is 0. The Balaban J connectivity index is 2.35. The van der Waals surface area contributed by atoms with Crippen LogP contribution in [0.2, 0.25) is 0 Å². The fourth-order valence-corrected chi connectivity index (χ4v) is 2.80. The van der Waals surface area contributed by atoms with Gasteiger partial charge in [-0.2, -0.15) is 5.01 Å². The summed E-state index contributed by atoms with van der Waals surface area (Å²) in [5.74, 6) is -0.791. The highest BCUT2D eigenvalue weighted by Gasteiger charge is 2.54.